The van der Waals surface area contributed by atoms with Crippen molar-refractivity contribution in [3.05, 3.63) is 84.4 Å². The predicted octanol–water partition coefficient (Wildman–Crippen LogP) is 4.41. The number of fused-ring (bicyclic) bond motifs is 1. The molecule has 6 heteroatoms. The zero-order valence-corrected chi connectivity index (χ0v) is 15.8. The molecule has 1 aromatic heterocycles. The van der Waals surface area contributed by atoms with Crippen LogP contribution < -0.4 is 5.32 Å². The number of carbonyl (C=O) groups excluding carboxylic acids is 2. The van der Waals surface area contributed by atoms with Gasteiger partial charge in [0, 0.05) is 11.3 Å². The Hall–Kier alpha value is -3.93. The minimum absolute atomic E-state index is 0.347. The van der Waals surface area contributed by atoms with Crippen molar-refractivity contribution in [3.63, 3.8) is 0 Å². The lowest BCUT2D eigenvalue weighted by Gasteiger charge is -2.13. The first-order chi connectivity index (χ1) is 14.1. The van der Waals surface area contributed by atoms with Gasteiger partial charge >= 0.3 is 5.97 Å². The van der Waals surface area contributed by atoms with Crippen LogP contribution in [0.25, 0.3) is 22.4 Å². The van der Waals surface area contributed by atoms with Gasteiger partial charge in [-0.25, -0.2) is 9.78 Å². The van der Waals surface area contributed by atoms with Crippen LogP contribution in [-0.2, 0) is 9.53 Å². The zero-order valence-electron chi connectivity index (χ0n) is 15.8. The molecule has 0 spiro atoms. The van der Waals surface area contributed by atoms with Crippen LogP contribution in [0.2, 0.25) is 0 Å². The second-order valence-corrected chi connectivity index (χ2v) is 6.59. The highest BCUT2D eigenvalue weighted by atomic mass is 16.5. The molecule has 4 aromatic rings. The average Bonchev–Trinajstić information content (AvgIpc) is 3.18. The summed E-state index contributed by atoms with van der Waals surface area (Å²) < 4.78 is 5.33. The van der Waals surface area contributed by atoms with Crippen LogP contribution in [0.5, 0.6) is 0 Å². The SMILES string of the molecule is CC(OC(=O)c1ccc2nc(-c3ccccc3)[nH]c2c1)C(=O)Nc1ccccc1. The van der Waals surface area contributed by atoms with E-state index in [2.05, 4.69) is 15.3 Å². The highest BCUT2D eigenvalue weighted by Gasteiger charge is 2.19. The van der Waals surface area contributed by atoms with Crippen molar-refractivity contribution < 1.29 is 14.3 Å². The number of aromatic amines is 1. The van der Waals surface area contributed by atoms with Gasteiger partial charge in [0.2, 0.25) is 0 Å². The van der Waals surface area contributed by atoms with Crippen LogP contribution in [-0.4, -0.2) is 27.9 Å². The van der Waals surface area contributed by atoms with Gasteiger partial charge in [-0.2, -0.15) is 0 Å². The lowest BCUT2D eigenvalue weighted by Crippen LogP contribution is -2.29. The number of H-pyrrole nitrogens is 1. The minimum atomic E-state index is -0.931. The fourth-order valence-corrected chi connectivity index (χ4v) is 2.92. The fraction of sp³-hybridized carbons (Fsp3) is 0.0870. The van der Waals surface area contributed by atoms with E-state index in [0.29, 0.717) is 11.3 Å². The number of nitrogens with zero attached hydrogens (tertiary/aromatic N) is 1. The summed E-state index contributed by atoms with van der Waals surface area (Å²) in [4.78, 5) is 32.5. The third-order valence-electron chi connectivity index (χ3n) is 4.46. The number of esters is 1. The predicted molar refractivity (Wildman–Crippen MR) is 111 cm³/mol. The van der Waals surface area contributed by atoms with E-state index in [1.807, 2.05) is 48.5 Å². The van der Waals surface area contributed by atoms with Crippen molar-refractivity contribution in [3.8, 4) is 11.4 Å². The van der Waals surface area contributed by atoms with E-state index in [9.17, 15) is 9.59 Å². The Morgan fingerprint density at radius 1 is 0.966 bits per heavy atom. The highest BCUT2D eigenvalue weighted by molar-refractivity contribution is 5.98. The van der Waals surface area contributed by atoms with Gasteiger partial charge < -0.3 is 15.0 Å². The van der Waals surface area contributed by atoms with Crippen LogP contribution >= 0.6 is 0 Å². The molecule has 0 aliphatic rings. The van der Waals surface area contributed by atoms with Crippen LogP contribution in [0.1, 0.15) is 17.3 Å². The number of aromatic nitrogens is 2. The number of benzene rings is 3. The number of imidazole rings is 1. The van der Waals surface area contributed by atoms with Gasteiger partial charge in [0.05, 0.1) is 16.6 Å². The summed E-state index contributed by atoms with van der Waals surface area (Å²) in [5.74, 6) is -0.237. The summed E-state index contributed by atoms with van der Waals surface area (Å²) in [6.07, 6.45) is -0.931. The number of hydrogen-bond acceptors (Lipinski definition) is 4. The van der Waals surface area contributed by atoms with Crippen LogP contribution in [0.15, 0.2) is 78.9 Å². The summed E-state index contributed by atoms with van der Waals surface area (Å²) in [5.41, 5.74) is 3.42. The number of hydrogen-bond donors (Lipinski definition) is 2. The van der Waals surface area contributed by atoms with Gasteiger partial charge in [-0.3, -0.25) is 4.79 Å². The second-order valence-electron chi connectivity index (χ2n) is 6.59. The summed E-state index contributed by atoms with van der Waals surface area (Å²) in [6, 6.07) is 23.8. The zero-order chi connectivity index (χ0) is 20.2. The van der Waals surface area contributed by atoms with E-state index in [4.69, 9.17) is 4.74 Å². The largest absolute Gasteiger partial charge is 0.449 e. The molecule has 2 N–H and O–H groups in total. The van der Waals surface area contributed by atoms with Gasteiger partial charge in [-0.15, -0.1) is 0 Å². The first-order valence-corrected chi connectivity index (χ1v) is 9.22. The first kappa shape index (κ1) is 18.4. The van der Waals surface area contributed by atoms with E-state index in [0.717, 1.165) is 22.4 Å². The molecule has 3 aromatic carbocycles. The number of rotatable bonds is 5. The van der Waals surface area contributed by atoms with Gasteiger partial charge in [0.15, 0.2) is 6.10 Å². The maximum absolute atomic E-state index is 12.5. The van der Waals surface area contributed by atoms with Crippen molar-refractivity contribution >= 4 is 28.6 Å². The molecular formula is C23H19N3O3. The summed E-state index contributed by atoms with van der Waals surface area (Å²) >= 11 is 0. The van der Waals surface area contributed by atoms with E-state index in [-0.39, 0.29) is 0 Å². The standard InChI is InChI=1S/C23H19N3O3/c1-15(22(27)24-18-10-6-3-7-11-18)29-23(28)17-12-13-19-20(14-17)26-21(25-19)16-8-4-2-5-9-16/h2-15H,1H3,(H,24,27)(H,25,26). The Balaban J connectivity index is 1.47. The van der Waals surface area contributed by atoms with E-state index in [1.54, 1.807) is 37.3 Å². The van der Waals surface area contributed by atoms with E-state index >= 15 is 0 Å². The Labute approximate surface area is 167 Å². The molecule has 29 heavy (non-hydrogen) atoms. The lowest BCUT2D eigenvalue weighted by atomic mass is 10.2. The monoisotopic (exact) mass is 385 g/mol. The van der Waals surface area contributed by atoms with Crippen molar-refractivity contribution in [2.45, 2.75) is 13.0 Å². The molecule has 0 aliphatic heterocycles. The third kappa shape index (κ3) is 4.16. The van der Waals surface area contributed by atoms with E-state index < -0.39 is 18.0 Å². The van der Waals surface area contributed by atoms with E-state index in [1.165, 1.54) is 0 Å². The Bertz CT molecular complexity index is 1150. The number of amides is 1. The number of nitrogens with one attached hydrogen (secondary N) is 2. The number of carbonyl (C=O) groups is 2. The Kier molecular flexibility index (Phi) is 5.07. The molecule has 0 bridgehead atoms. The van der Waals surface area contributed by atoms with Crippen LogP contribution in [0.3, 0.4) is 0 Å². The van der Waals surface area contributed by atoms with Gasteiger partial charge in [-0.1, -0.05) is 48.5 Å². The van der Waals surface area contributed by atoms with Crippen molar-refractivity contribution in [1.82, 2.24) is 9.97 Å². The summed E-state index contributed by atoms with van der Waals surface area (Å²) in [6.45, 7) is 1.54. The molecule has 0 aliphatic carbocycles. The highest BCUT2D eigenvalue weighted by Crippen LogP contribution is 2.21. The molecule has 1 heterocycles. The second kappa shape index (κ2) is 7.98. The third-order valence-corrected chi connectivity index (χ3v) is 4.46. The number of ether oxygens (including phenoxy) is 1. The van der Waals surface area contributed by atoms with Gasteiger partial charge in [0.1, 0.15) is 5.82 Å². The number of para-hydroxylation sites is 1. The first-order valence-electron chi connectivity index (χ1n) is 9.22. The van der Waals surface area contributed by atoms with Gasteiger partial charge in [0.25, 0.3) is 5.91 Å². The topological polar surface area (TPSA) is 84.1 Å². The minimum Gasteiger partial charge on any atom is -0.449 e. The summed E-state index contributed by atoms with van der Waals surface area (Å²) in [5, 5.41) is 2.72. The van der Waals surface area contributed by atoms with Gasteiger partial charge in [-0.05, 0) is 37.3 Å². The van der Waals surface area contributed by atoms with Crippen molar-refractivity contribution in [2.24, 2.45) is 0 Å². The maximum Gasteiger partial charge on any atom is 0.338 e. The Morgan fingerprint density at radius 3 is 2.38 bits per heavy atom. The van der Waals surface area contributed by atoms with Crippen LogP contribution in [0, 0.1) is 0 Å². The smallest absolute Gasteiger partial charge is 0.338 e. The molecule has 1 atom stereocenters. The molecule has 4 rings (SSSR count). The molecule has 0 saturated heterocycles. The molecule has 0 fully saturated rings. The lowest BCUT2D eigenvalue weighted by molar-refractivity contribution is -0.123. The van der Waals surface area contributed by atoms with Crippen LogP contribution in [0.4, 0.5) is 5.69 Å². The molecule has 144 valence electrons. The molecule has 0 saturated carbocycles. The maximum atomic E-state index is 12.5. The van der Waals surface area contributed by atoms with Crippen molar-refractivity contribution in [2.75, 3.05) is 5.32 Å². The number of anilines is 1. The molecular weight excluding hydrogens is 366 g/mol. The normalized spacial score (nSPS) is 11.8. The Morgan fingerprint density at radius 2 is 1.66 bits per heavy atom. The molecule has 0 radical (unpaired) electrons. The molecule has 6 nitrogen and oxygen atoms in total. The molecule has 1 amide bonds. The average molecular weight is 385 g/mol. The quantitative estimate of drug-likeness (QED) is 0.498. The molecule has 1 unspecified atom stereocenters. The van der Waals surface area contributed by atoms with Crippen molar-refractivity contribution in [1.29, 1.82) is 0 Å². The summed E-state index contributed by atoms with van der Waals surface area (Å²) in [7, 11) is 0. The fourth-order valence-electron chi connectivity index (χ4n) is 2.92.